The summed E-state index contributed by atoms with van der Waals surface area (Å²) in [5.41, 5.74) is 1.77. The van der Waals surface area contributed by atoms with Crippen molar-refractivity contribution in [3.8, 4) is 0 Å². The number of nitrogens with one attached hydrogen (secondary N) is 1. The fourth-order valence-corrected chi connectivity index (χ4v) is 4.63. The number of nitrogens with zero attached hydrogens (tertiary/aromatic N) is 2. The average molecular weight is 524 g/mol. The molecule has 1 atom stereocenters. The van der Waals surface area contributed by atoms with Gasteiger partial charge >= 0.3 is 0 Å². The van der Waals surface area contributed by atoms with Gasteiger partial charge in [0.25, 0.3) is 0 Å². The van der Waals surface area contributed by atoms with Crippen molar-refractivity contribution in [1.82, 2.24) is 14.5 Å². The van der Waals surface area contributed by atoms with E-state index >= 15 is 0 Å². The predicted octanol–water partition coefficient (Wildman–Crippen LogP) is 3.32. The molecule has 0 saturated heterocycles. The van der Waals surface area contributed by atoms with Crippen LogP contribution in [0, 0.1) is 6.92 Å². The van der Waals surface area contributed by atoms with Crippen LogP contribution in [0.4, 0.5) is 0 Å². The van der Waals surface area contributed by atoms with Crippen molar-refractivity contribution in [2.24, 2.45) is 0 Å². The minimum atomic E-state index is -3.85. The first-order chi connectivity index (χ1) is 15.1. The van der Waals surface area contributed by atoms with E-state index in [4.69, 9.17) is 0 Å². The average Bonchev–Trinajstić information content (AvgIpc) is 2.75. The van der Waals surface area contributed by atoms with Crippen molar-refractivity contribution < 1.29 is 18.0 Å². The Kier molecular flexibility index (Phi) is 9.42. The van der Waals surface area contributed by atoms with E-state index in [1.165, 1.54) is 24.1 Å². The van der Waals surface area contributed by atoms with Gasteiger partial charge in [0.05, 0.1) is 11.4 Å². The third kappa shape index (κ3) is 6.88. The van der Waals surface area contributed by atoms with Crippen LogP contribution in [0.3, 0.4) is 0 Å². The molecule has 1 N–H and O–H groups in total. The van der Waals surface area contributed by atoms with Crippen molar-refractivity contribution in [3.63, 3.8) is 0 Å². The summed E-state index contributed by atoms with van der Waals surface area (Å²) in [5.74, 6) is -0.735. The van der Waals surface area contributed by atoms with Gasteiger partial charge in [-0.2, -0.15) is 4.31 Å². The molecule has 174 valence electrons. The molecule has 2 rings (SSSR count). The number of aryl methyl sites for hydroxylation is 1. The molecule has 0 fully saturated rings. The first-order valence-corrected chi connectivity index (χ1v) is 12.6. The monoisotopic (exact) mass is 523 g/mol. The van der Waals surface area contributed by atoms with E-state index in [2.05, 4.69) is 21.2 Å². The molecule has 2 aromatic rings. The first kappa shape index (κ1) is 26.0. The van der Waals surface area contributed by atoms with Crippen LogP contribution in [0.2, 0.25) is 0 Å². The maximum Gasteiger partial charge on any atom is 0.243 e. The second-order valence-corrected chi connectivity index (χ2v) is 10.7. The lowest BCUT2D eigenvalue weighted by Crippen LogP contribution is -2.50. The van der Waals surface area contributed by atoms with Crippen molar-refractivity contribution in [1.29, 1.82) is 0 Å². The normalized spacial score (nSPS) is 12.4. The number of halogens is 1. The zero-order chi connectivity index (χ0) is 23.9. The highest BCUT2D eigenvalue weighted by molar-refractivity contribution is 9.10. The number of hydrogen-bond donors (Lipinski definition) is 1. The molecule has 2 amide bonds. The van der Waals surface area contributed by atoms with E-state index in [1.807, 2.05) is 38.1 Å². The fourth-order valence-electron chi connectivity index (χ4n) is 3.07. The second-order valence-electron chi connectivity index (χ2n) is 7.69. The predicted molar refractivity (Wildman–Crippen MR) is 128 cm³/mol. The van der Waals surface area contributed by atoms with Crippen LogP contribution in [0.25, 0.3) is 0 Å². The van der Waals surface area contributed by atoms with Crippen molar-refractivity contribution in [2.45, 2.75) is 44.7 Å². The van der Waals surface area contributed by atoms with E-state index in [0.29, 0.717) is 6.54 Å². The van der Waals surface area contributed by atoms with Crippen LogP contribution in [0.15, 0.2) is 57.9 Å². The van der Waals surface area contributed by atoms with Gasteiger partial charge in [0, 0.05) is 24.6 Å². The Morgan fingerprint density at radius 1 is 1.12 bits per heavy atom. The number of carbonyl (C=O) groups excluding carboxylic acids is 2. The van der Waals surface area contributed by atoms with Gasteiger partial charge in [-0.25, -0.2) is 8.42 Å². The molecule has 0 bridgehead atoms. The Balaban J connectivity index is 2.25. The number of hydrogen-bond acceptors (Lipinski definition) is 4. The Bertz CT molecular complexity index is 1040. The number of benzene rings is 2. The number of rotatable bonds is 10. The standard InChI is InChI=1S/C23H30BrN3O4S/c1-5-13-25-23(29)18(3)27(15-19-7-6-8-20(24)14-19)22(28)16-26(4)32(30,31)21-11-9-17(2)10-12-21/h6-12,14,18H,5,13,15-16H2,1-4H3,(H,25,29)/t18-/m1/s1. The third-order valence-electron chi connectivity index (χ3n) is 5.05. The van der Waals surface area contributed by atoms with Crippen LogP contribution < -0.4 is 5.32 Å². The Hall–Kier alpha value is -2.23. The lowest BCUT2D eigenvalue weighted by molar-refractivity contribution is -0.140. The quantitative estimate of drug-likeness (QED) is 0.517. The lowest BCUT2D eigenvalue weighted by atomic mass is 10.1. The Morgan fingerprint density at radius 3 is 2.38 bits per heavy atom. The van der Waals surface area contributed by atoms with Crippen molar-refractivity contribution >= 4 is 37.8 Å². The molecular weight excluding hydrogens is 494 g/mol. The van der Waals surface area contributed by atoms with Gasteiger partial charge in [-0.15, -0.1) is 0 Å². The van der Waals surface area contributed by atoms with E-state index in [1.54, 1.807) is 19.1 Å². The number of amides is 2. The molecule has 2 aromatic carbocycles. The summed E-state index contributed by atoms with van der Waals surface area (Å²) in [4.78, 5) is 27.3. The van der Waals surface area contributed by atoms with Gasteiger partial charge in [-0.3, -0.25) is 9.59 Å². The van der Waals surface area contributed by atoms with Crippen LogP contribution >= 0.6 is 15.9 Å². The highest BCUT2D eigenvalue weighted by atomic mass is 79.9. The van der Waals surface area contributed by atoms with Crippen molar-refractivity contribution in [3.05, 3.63) is 64.1 Å². The van der Waals surface area contributed by atoms with Crippen LogP contribution in [-0.4, -0.2) is 55.6 Å². The van der Waals surface area contributed by atoms with Gasteiger partial charge in [0.1, 0.15) is 6.04 Å². The molecule has 0 heterocycles. The zero-order valence-corrected chi connectivity index (χ0v) is 21.2. The van der Waals surface area contributed by atoms with Crippen LogP contribution in [0.1, 0.15) is 31.4 Å². The van der Waals surface area contributed by atoms with Gasteiger partial charge in [-0.05, 0) is 50.1 Å². The fraction of sp³-hybridized carbons (Fsp3) is 0.391. The third-order valence-corrected chi connectivity index (χ3v) is 7.36. The van der Waals surface area contributed by atoms with E-state index in [0.717, 1.165) is 26.3 Å². The molecule has 0 radical (unpaired) electrons. The highest BCUT2D eigenvalue weighted by Crippen LogP contribution is 2.18. The van der Waals surface area contributed by atoms with Crippen molar-refractivity contribution in [2.75, 3.05) is 20.1 Å². The molecule has 7 nitrogen and oxygen atoms in total. The number of sulfonamides is 1. The second kappa shape index (κ2) is 11.6. The summed E-state index contributed by atoms with van der Waals surface area (Å²) in [7, 11) is -2.48. The molecule has 0 spiro atoms. The summed E-state index contributed by atoms with van der Waals surface area (Å²) in [6.45, 7) is 5.76. The maximum absolute atomic E-state index is 13.2. The van der Waals surface area contributed by atoms with Crippen LogP contribution in [0.5, 0.6) is 0 Å². The lowest BCUT2D eigenvalue weighted by Gasteiger charge is -2.30. The summed E-state index contributed by atoms with van der Waals surface area (Å²) in [6.07, 6.45) is 0.773. The highest BCUT2D eigenvalue weighted by Gasteiger charge is 2.30. The minimum Gasteiger partial charge on any atom is -0.354 e. The Labute approximate surface area is 199 Å². The smallest absolute Gasteiger partial charge is 0.243 e. The molecule has 0 unspecified atom stereocenters. The maximum atomic E-state index is 13.2. The topological polar surface area (TPSA) is 86.8 Å². The molecule has 9 heteroatoms. The first-order valence-electron chi connectivity index (χ1n) is 10.4. The molecule has 0 saturated carbocycles. The summed E-state index contributed by atoms with van der Waals surface area (Å²) in [6, 6.07) is 13.1. The summed E-state index contributed by atoms with van der Waals surface area (Å²) < 4.78 is 27.7. The van der Waals surface area contributed by atoms with E-state index in [-0.39, 0.29) is 23.9 Å². The van der Waals surface area contributed by atoms with Gasteiger partial charge < -0.3 is 10.2 Å². The molecule has 0 aliphatic rings. The summed E-state index contributed by atoms with van der Waals surface area (Å²) >= 11 is 3.42. The molecule has 0 aromatic heterocycles. The SMILES string of the molecule is CCCNC(=O)[C@@H](C)N(Cc1cccc(Br)c1)C(=O)CN(C)S(=O)(=O)c1ccc(C)cc1. The molecule has 32 heavy (non-hydrogen) atoms. The minimum absolute atomic E-state index is 0.116. The van der Waals surface area contributed by atoms with Gasteiger partial charge in [-0.1, -0.05) is 52.7 Å². The van der Waals surface area contributed by atoms with E-state index in [9.17, 15) is 18.0 Å². The molecule has 0 aliphatic carbocycles. The summed E-state index contributed by atoms with van der Waals surface area (Å²) in [5, 5.41) is 2.81. The molecular formula is C23H30BrN3O4S. The molecule has 0 aliphatic heterocycles. The van der Waals surface area contributed by atoms with Gasteiger partial charge in [0.15, 0.2) is 0 Å². The largest absolute Gasteiger partial charge is 0.354 e. The van der Waals surface area contributed by atoms with Gasteiger partial charge in [0.2, 0.25) is 21.8 Å². The Morgan fingerprint density at radius 2 is 1.78 bits per heavy atom. The number of likely N-dealkylation sites (N-methyl/N-ethyl adjacent to an activating group) is 1. The van der Waals surface area contributed by atoms with Crippen LogP contribution in [-0.2, 0) is 26.2 Å². The number of carbonyl (C=O) groups is 2. The zero-order valence-electron chi connectivity index (χ0n) is 18.8. The van der Waals surface area contributed by atoms with E-state index < -0.39 is 22.0 Å².